The first kappa shape index (κ1) is 11.4. The minimum Gasteiger partial charge on any atom is -0.353 e. The van der Waals surface area contributed by atoms with Crippen LogP contribution >= 0.6 is 0 Å². The van der Waals surface area contributed by atoms with Crippen molar-refractivity contribution in [2.75, 3.05) is 11.4 Å². The van der Waals surface area contributed by atoms with Gasteiger partial charge in [-0.05, 0) is 31.7 Å². The first-order valence-corrected chi connectivity index (χ1v) is 6.27. The van der Waals surface area contributed by atoms with Gasteiger partial charge in [-0.2, -0.15) is 0 Å². The second-order valence-electron chi connectivity index (χ2n) is 4.44. The Bertz CT molecular complexity index is 338. The summed E-state index contributed by atoms with van der Waals surface area (Å²) in [6.45, 7) is 3.96. The van der Waals surface area contributed by atoms with E-state index in [0.29, 0.717) is 12.6 Å². The second-order valence-corrected chi connectivity index (χ2v) is 4.44. The highest BCUT2D eigenvalue weighted by atomic mass is 15.2. The number of rotatable bonds is 3. The zero-order valence-corrected chi connectivity index (χ0v) is 10.0. The number of nitrogens with two attached hydrogens (primary N) is 1. The van der Waals surface area contributed by atoms with Crippen molar-refractivity contribution in [1.29, 1.82) is 0 Å². The molecule has 0 spiro atoms. The van der Waals surface area contributed by atoms with Crippen LogP contribution in [0.5, 0.6) is 0 Å². The van der Waals surface area contributed by atoms with Crippen LogP contribution in [0.4, 0.5) is 5.82 Å². The van der Waals surface area contributed by atoms with Gasteiger partial charge in [0.05, 0.1) is 0 Å². The monoisotopic (exact) mass is 219 g/mol. The molecule has 1 aliphatic heterocycles. The van der Waals surface area contributed by atoms with Gasteiger partial charge in [0.15, 0.2) is 0 Å². The molecule has 0 aliphatic carbocycles. The number of hydrogen-bond acceptors (Lipinski definition) is 3. The van der Waals surface area contributed by atoms with E-state index in [-0.39, 0.29) is 0 Å². The van der Waals surface area contributed by atoms with Gasteiger partial charge < -0.3 is 10.6 Å². The highest BCUT2D eigenvalue weighted by molar-refractivity contribution is 5.48. The van der Waals surface area contributed by atoms with Gasteiger partial charge in [0, 0.05) is 30.9 Å². The summed E-state index contributed by atoms with van der Waals surface area (Å²) in [6.07, 6.45) is 6.98. The molecule has 0 aromatic carbocycles. The zero-order valence-electron chi connectivity index (χ0n) is 10.0. The van der Waals surface area contributed by atoms with Crippen LogP contribution in [0.1, 0.15) is 38.2 Å². The van der Waals surface area contributed by atoms with Crippen LogP contribution in [-0.4, -0.2) is 17.6 Å². The third kappa shape index (κ3) is 2.19. The predicted octanol–water partition coefficient (Wildman–Crippen LogP) is 2.31. The van der Waals surface area contributed by atoms with Crippen molar-refractivity contribution in [3.8, 4) is 0 Å². The molecule has 0 amide bonds. The summed E-state index contributed by atoms with van der Waals surface area (Å²) < 4.78 is 0. The van der Waals surface area contributed by atoms with Crippen molar-refractivity contribution in [3.63, 3.8) is 0 Å². The lowest BCUT2D eigenvalue weighted by atomic mass is 9.99. The summed E-state index contributed by atoms with van der Waals surface area (Å²) in [5.41, 5.74) is 6.95. The molecule has 0 radical (unpaired) electrons. The number of hydrogen-bond donors (Lipinski definition) is 1. The fraction of sp³-hybridized carbons (Fsp3) is 0.615. The van der Waals surface area contributed by atoms with Crippen LogP contribution in [0.15, 0.2) is 18.3 Å². The van der Waals surface area contributed by atoms with Gasteiger partial charge in [-0.1, -0.05) is 13.0 Å². The first-order chi connectivity index (χ1) is 7.86. The van der Waals surface area contributed by atoms with E-state index < -0.39 is 0 Å². The highest BCUT2D eigenvalue weighted by Crippen LogP contribution is 2.27. The Morgan fingerprint density at radius 2 is 2.38 bits per heavy atom. The van der Waals surface area contributed by atoms with Crippen LogP contribution in [0.25, 0.3) is 0 Å². The number of pyridine rings is 1. The van der Waals surface area contributed by atoms with E-state index in [9.17, 15) is 0 Å². The highest BCUT2D eigenvalue weighted by Gasteiger charge is 2.23. The van der Waals surface area contributed by atoms with Gasteiger partial charge in [-0.25, -0.2) is 4.98 Å². The molecule has 2 heterocycles. The fourth-order valence-corrected chi connectivity index (χ4v) is 2.55. The minimum absolute atomic E-state index is 0.579. The van der Waals surface area contributed by atoms with E-state index >= 15 is 0 Å². The number of aromatic nitrogens is 1. The smallest absolute Gasteiger partial charge is 0.133 e. The SMILES string of the molecule is CCC1CCCCN1c1ncccc1CN. The summed E-state index contributed by atoms with van der Waals surface area (Å²) in [7, 11) is 0. The molecule has 2 rings (SSSR count). The molecule has 1 aliphatic rings. The summed E-state index contributed by atoms with van der Waals surface area (Å²) in [4.78, 5) is 6.97. The molecule has 1 saturated heterocycles. The Labute approximate surface area is 97.7 Å². The van der Waals surface area contributed by atoms with Gasteiger partial charge in [0.2, 0.25) is 0 Å². The van der Waals surface area contributed by atoms with Gasteiger partial charge >= 0.3 is 0 Å². The Hall–Kier alpha value is -1.09. The number of anilines is 1. The first-order valence-electron chi connectivity index (χ1n) is 6.27. The Morgan fingerprint density at radius 1 is 1.50 bits per heavy atom. The zero-order chi connectivity index (χ0) is 11.4. The maximum atomic E-state index is 5.78. The molecule has 1 aromatic rings. The van der Waals surface area contributed by atoms with Crippen LogP contribution in [0.3, 0.4) is 0 Å². The molecule has 3 heteroatoms. The van der Waals surface area contributed by atoms with Crippen molar-refractivity contribution < 1.29 is 0 Å². The lowest BCUT2D eigenvalue weighted by Gasteiger charge is -2.37. The minimum atomic E-state index is 0.579. The van der Waals surface area contributed by atoms with E-state index in [1.165, 1.54) is 31.2 Å². The molecular formula is C13H21N3. The van der Waals surface area contributed by atoms with Crippen LogP contribution in [0, 0.1) is 0 Å². The molecule has 16 heavy (non-hydrogen) atoms. The van der Waals surface area contributed by atoms with Crippen LogP contribution in [-0.2, 0) is 6.54 Å². The van der Waals surface area contributed by atoms with Crippen molar-refractivity contribution in [1.82, 2.24) is 4.98 Å². The standard InChI is InChI=1S/C13H21N3/c1-2-12-7-3-4-9-16(12)13-11(10-14)6-5-8-15-13/h5-6,8,12H,2-4,7,9-10,14H2,1H3. The van der Waals surface area contributed by atoms with E-state index in [2.05, 4.69) is 22.9 Å². The Balaban J connectivity index is 2.26. The lowest BCUT2D eigenvalue weighted by Crippen LogP contribution is -2.40. The quantitative estimate of drug-likeness (QED) is 0.848. The van der Waals surface area contributed by atoms with Gasteiger partial charge in [0.25, 0.3) is 0 Å². The summed E-state index contributed by atoms with van der Waals surface area (Å²) in [5, 5.41) is 0. The predicted molar refractivity (Wildman–Crippen MR) is 67.4 cm³/mol. The van der Waals surface area contributed by atoms with E-state index in [0.717, 1.165) is 12.4 Å². The van der Waals surface area contributed by atoms with E-state index in [1.807, 2.05) is 12.3 Å². The van der Waals surface area contributed by atoms with Crippen LogP contribution < -0.4 is 10.6 Å². The molecular weight excluding hydrogens is 198 g/mol. The van der Waals surface area contributed by atoms with Gasteiger partial charge in [0.1, 0.15) is 5.82 Å². The summed E-state index contributed by atoms with van der Waals surface area (Å²) in [5.74, 6) is 1.11. The number of nitrogens with zero attached hydrogens (tertiary/aromatic N) is 2. The van der Waals surface area contributed by atoms with Crippen LogP contribution in [0.2, 0.25) is 0 Å². The molecule has 2 N–H and O–H groups in total. The molecule has 1 aromatic heterocycles. The average Bonchev–Trinajstić information content (AvgIpc) is 2.38. The molecule has 0 saturated carbocycles. The molecule has 3 nitrogen and oxygen atoms in total. The van der Waals surface area contributed by atoms with Gasteiger partial charge in [-0.15, -0.1) is 0 Å². The lowest BCUT2D eigenvalue weighted by molar-refractivity contribution is 0.446. The number of piperidine rings is 1. The van der Waals surface area contributed by atoms with E-state index in [4.69, 9.17) is 5.73 Å². The molecule has 1 unspecified atom stereocenters. The average molecular weight is 219 g/mol. The summed E-state index contributed by atoms with van der Waals surface area (Å²) >= 11 is 0. The molecule has 0 bridgehead atoms. The van der Waals surface area contributed by atoms with Crippen molar-refractivity contribution in [3.05, 3.63) is 23.9 Å². The van der Waals surface area contributed by atoms with Crippen molar-refractivity contribution >= 4 is 5.82 Å². The Morgan fingerprint density at radius 3 is 3.12 bits per heavy atom. The maximum absolute atomic E-state index is 5.78. The molecule has 88 valence electrons. The Kier molecular flexibility index (Phi) is 3.78. The van der Waals surface area contributed by atoms with Crippen molar-refractivity contribution in [2.24, 2.45) is 5.73 Å². The normalized spacial score (nSPS) is 21.1. The fourth-order valence-electron chi connectivity index (χ4n) is 2.55. The third-order valence-electron chi connectivity index (χ3n) is 3.46. The molecule has 1 fully saturated rings. The van der Waals surface area contributed by atoms with Crippen molar-refractivity contribution in [2.45, 2.75) is 45.2 Å². The molecule has 1 atom stereocenters. The van der Waals surface area contributed by atoms with E-state index in [1.54, 1.807) is 0 Å². The topological polar surface area (TPSA) is 42.2 Å². The largest absolute Gasteiger partial charge is 0.353 e. The second kappa shape index (κ2) is 5.30. The third-order valence-corrected chi connectivity index (χ3v) is 3.46. The maximum Gasteiger partial charge on any atom is 0.133 e. The summed E-state index contributed by atoms with van der Waals surface area (Å²) in [6, 6.07) is 4.70. The van der Waals surface area contributed by atoms with Gasteiger partial charge in [-0.3, -0.25) is 0 Å².